The number of ether oxygens (including phenoxy) is 5. The summed E-state index contributed by atoms with van der Waals surface area (Å²) in [7, 11) is 1.39. The van der Waals surface area contributed by atoms with E-state index in [1.165, 1.54) is 7.11 Å². The molecule has 2 saturated heterocycles. The molecule has 0 aromatic rings. The minimum atomic E-state index is -1.35. The Morgan fingerprint density at radius 2 is 1.50 bits per heavy atom. The number of hydrogen-bond donors (Lipinski definition) is 9. The van der Waals surface area contributed by atoms with Crippen LogP contribution in [-0.2, 0) is 23.7 Å². The van der Waals surface area contributed by atoms with Gasteiger partial charge < -0.3 is 69.6 Å². The van der Waals surface area contributed by atoms with E-state index in [1.54, 1.807) is 0 Å². The molecule has 0 spiro atoms. The van der Waals surface area contributed by atoms with Crippen molar-refractivity contribution >= 4 is 0 Å². The number of aliphatic hydroxyl groups excluding tert-OH is 8. The molecular weight excluding hydrogens is 680 g/mol. The Morgan fingerprint density at radius 1 is 0.808 bits per heavy atom. The van der Waals surface area contributed by atoms with Crippen LogP contribution in [0.15, 0.2) is 0 Å². The molecule has 6 aliphatic rings. The molecule has 6 rings (SSSR count). The van der Waals surface area contributed by atoms with Gasteiger partial charge in [-0.2, -0.15) is 0 Å². The lowest BCUT2D eigenvalue weighted by Crippen LogP contribution is -2.71. The zero-order valence-corrected chi connectivity index (χ0v) is 31.6. The molecule has 0 radical (unpaired) electrons. The number of aliphatic hydroxyl groups is 9. The highest BCUT2D eigenvalue weighted by molar-refractivity contribution is 5.21. The predicted octanol–water partition coefficient (Wildman–Crippen LogP) is 0.0474. The highest BCUT2D eigenvalue weighted by Crippen LogP contribution is 2.70. The summed E-state index contributed by atoms with van der Waals surface area (Å²) < 4.78 is 29.0. The van der Waals surface area contributed by atoms with Crippen molar-refractivity contribution in [1.82, 2.24) is 0 Å². The summed E-state index contributed by atoms with van der Waals surface area (Å²) >= 11 is 0. The van der Waals surface area contributed by atoms with Gasteiger partial charge >= 0.3 is 0 Å². The molecular formula is C38H66O14. The summed E-state index contributed by atoms with van der Waals surface area (Å²) in [5.41, 5.74) is -2.39. The summed E-state index contributed by atoms with van der Waals surface area (Å²) in [6.45, 7) is 9.90. The molecule has 14 nitrogen and oxygen atoms in total. The van der Waals surface area contributed by atoms with E-state index < -0.39 is 108 Å². The van der Waals surface area contributed by atoms with Crippen LogP contribution in [0.5, 0.6) is 0 Å². The van der Waals surface area contributed by atoms with Crippen LogP contribution in [0.4, 0.5) is 0 Å². The molecule has 4 saturated carbocycles. The Kier molecular flexibility index (Phi) is 12.2. The molecule has 0 bridgehead atoms. The van der Waals surface area contributed by atoms with E-state index in [9.17, 15) is 46.0 Å². The Bertz CT molecular complexity index is 1210. The van der Waals surface area contributed by atoms with E-state index in [4.69, 9.17) is 23.7 Å². The molecule has 0 amide bonds. The molecule has 302 valence electrons. The maximum absolute atomic E-state index is 12.8. The minimum absolute atomic E-state index is 0.0271. The summed E-state index contributed by atoms with van der Waals surface area (Å²) in [5, 5.41) is 98.9. The van der Waals surface area contributed by atoms with E-state index in [2.05, 4.69) is 13.8 Å². The fourth-order valence-electron chi connectivity index (χ4n) is 12.3. The van der Waals surface area contributed by atoms with Crippen molar-refractivity contribution in [3.05, 3.63) is 0 Å². The third-order valence-electron chi connectivity index (χ3n) is 14.9. The van der Waals surface area contributed by atoms with Gasteiger partial charge in [0.15, 0.2) is 12.6 Å². The second-order valence-corrected chi connectivity index (χ2v) is 18.1. The molecule has 6 fully saturated rings. The second-order valence-electron chi connectivity index (χ2n) is 18.1. The summed E-state index contributed by atoms with van der Waals surface area (Å²) in [4.78, 5) is 0. The Labute approximate surface area is 307 Å². The Morgan fingerprint density at radius 3 is 2.13 bits per heavy atom. The monoisotopic (exact) mass is 746 g/mol. The van der Waals surface area contributed by atoms with Crippen molar-refractivity contribution in [3.63, 3.8) is 0 Å². The van der Waals surface area contributed by atoms with Crippen LogP contribution in [-0.4, -0.2) is 152 Å². The lowest BCUT2D eigenvalue weighted by atomic mass is 9.41. The van der Waals surface area contributed by atoms with Gasteiger partial charge in [-0.05, 0) is 79.4 Å². The number of fused-ring (bicyclic) bond motifs is 5. The average molecular weight is 747 g/mol. The summed E-state index contributed by atoms with van der Waals surface area (Å²) in [5.74, 6) is -0.995. The van der Waals surface area contributed by atoms with Crippen molar-refractivity contribution in [1.29, 1.82) is 0 Å². The largest absolute Gasteiger partial charge is 0.394 e. The molecule has 0 aromatic carbocycles. The van der Waals surface area contributed by atoms with Gasteiger partial charge in [0.1, 0.15) is 36.6 Å². The van der Waals surface area contributed by atoms with E-state index >= 15 is 0 Å². The fraction of sp³-hybridized carbons (Fsp3) is 1.00. The van der Waals surface area contributed by atoms with Gasteiger partial charge in [-0.3, -0.25) is 0 Å². The standard InChI is InChI=1S/C38H66O14/c1-17(2)23(50-34-31(46)30(45)25(15-39)52-34)8-7-18(3)19-13-20(40)33-36(19,4)12-10-26-37(5)11-9-24(29(44)27(37)21(41)14-38(26,33)47)51-35-32(48-6)28(43)22(42)16-49-35/h17-35,39-47H,7-16H2,1-6H3/t18-,19-,20+,21-,22-,23+,24+,25-,26-,27+,28+,29+,30-,31+,32-,33-,34+,35+,36-,37-,38+/m1/s1. The van der Waals surface area contributed by atoms with Gasteiger partial charge in [0.25, 0.3) is 0 Å². The third-order valence-corrected chi connectivity index (χ3v) is 14.9. The number of rotatable bonds is 11. The molecule has 52 heavy (non-hydrogen) atoms. The zero-order chi connectivity index (χ0) is 38.1. The molecule has 14 heteroatoms. The van der Waals surface area contributed by atoms with Crippen molar-refractivity contribution in [2.75, 3.05) is 20.3 Å². The van der Waals surface area contributed by atoms with Gasteiger partial charge in [-0.1, -0.05) is 34.6 Å². The van der Waals surface area contributed by atoms with Crippen LogP contribution in [0.3, 0.4) is 0 Å². The predicted molar refractivity (Wildman–Crippen MR) is 184 cm³/mol. The van der Waals surface area contributed by atoms with E-state index in [-0.39, 0.29) is 42.8 Å². The first-order valence-corrected chi connectivity index (χ1v) is 19.6. The van der Waals surface area contributed by atoms with Gasteiger partial charge in [-0.15, -0.1) is 0 Å². The van der Waals surface area contributed by atoms with Crippen LogP contribution >= 0.6 is 0 Å². The summed E-state index contributed by atoms with van der Waals surface area (Å²) in [6.07, 6.45) is -8.22. The lowest BCUT2D eigenvalue weighted by molar-refractivity contribution is -0.320. The molecule has 0 unspecified atom stereocenters. The maximum atomic E-state index is 12.8. The quantitative estimate of drug-likeness (QED) is 0.127. The SMILES string of the molecule is CO[C@H]1[C@H](O[C@H]2CC[C@@]3(C)[C@H]([C@H]2O)[C@H](O)C[C@]2(O)[C@@H]3CC[C@]3(C)[C@@H]([C@H](C)CC[C@H](O[C@H]4O[C@H](CO)[C@@H](O)[C@@H]4O)C(C)C)C[C@H](O)[C@H]32)OC[C@@H](O)[C@@H]1O. The van der Waals surface area contributed by atoms with Crippen LogP contribution in [0.25, 0.3) is 0 Å². The molecule has 9 N–H and O–H groups in total. The highest BCUT2D eigenvalue weighted by Gasteiger charge is 2.72. The first-order valence-electron chi connectivity index (χ1n) is 19.6. The molecule has 0 aromatic heterocycles. The van der Waals surface area contributed by atoms with Crippen LogP contribution in [0, 0.1) is 46.3 Å². The van der Waals surface area contributed by atoms with E-state index in [0.717, 1.165) is 12.8 Å². The smallest absolute Gasteiger partial charge is 0.186 e. The first kappa shape index (κ1) is 41.1. The number of methoxy groups -OCH3 is 1. The van der Waals surface area contributed by atoms with Crippen molar-refractivity contribution in [3.8, 4) is 0 Å². The average Bonchev–Trinajstić information content (AvgIpc) is 3.52. The van der Waals surface area contributed by atoms with E-state index in [1.807, 2.05) is 20.8 Å². The highest BCUT2D eigenvalue weighted by atomic mass is 16.7. The van der Waals surface area contributed by atoms with Gasteiger partial charge in [0.2, 0.25) is 0 Å². The van der Waals surface area contributed by atoms with Crippen LogP contribution < -0.4 is 0 Å². The topological polar surface area (TPSA) is 228 Å². The van der Waals surface area contributed by atoms with Crippen molar-refractivity contribution in [2.24, 2.45) is 46.3 Å². The van der Waals surface area contributed by atoms with Gasteiger partial charge in [0.05, 0.1) is 49.3 Å². The van der Waals surface area contributed by atoms with Crippen LogP contribution in [0.1, 0.15) is 86.0 Å². The summed E-state index contributed by atoms with van der Waals surface area (Å²) in [6, 6.07) is 0. The minimum Gasteiger partial charge on any atom is -0.394 e. The van der Waals surface area contributed by atoms with Crippen LogP contribution in [0.2, 0.25) is 0 Å². The molecule has 2 aliphatic heterocycles. The lowest BCUT2D eigenvalue weighted by Gasteiger charge is -2.66. The first-order chi connectivity index (χ1) is 24.4. The molecule has 4 aliphatic carbocycles. The van der Waals surface area contributed by atoms with E-state index in [0.29, 0.717) is 32.1 Å². The Hall–Kier alpha value is -0.560. The second kappa shape index (κ2) is 15.4. The molecule has 2 heterocycles. The zero-order valence-electron chi connectivity index (χ0n) is 31.6. The fourth-order valence-corrected chi connectivity index (χ4v) is 12.3. The van der Waals surface area contributed by atoms with Crippen molar-refractivity contribution < 1.29 is 69.6 Å². The molecule has 21 atom stereocenters. The Balaban J connectivity index is 1.14. The maximum Gasteiger partial charge on any atom is 0.186 e. The normalized spacial score (nSPS) is 53.3. The van der Waals surface area contributed by atoms with Gasteiger partial charge in [-0.25, -0.2) is 0 Å². The third kappa shape index (κ3) is 6.82. The number of hydrogen-bond acceptors (Lipinski definition) is 14. The van der Waals surface area contributed by atoms with Gasteiger partial charge in [0, 0.05) is 25.4 Å². The van der Waals surface area contributed by atoms with Crippen molar-refractivity contribution in [2.45, 2.75) is 171 Å².